The summed E-state index contributed by atoms with van der Waals surface area (Å²) in [5.74, 6) is 0.857. The number of pyridine rings is 1. The summed E-state index contributed by atoms with van der Waals surface area (Å²) in [7, 11) is 0. The van der Waals surface area contributed by atoms with Gasteiger partial charge >= 0.3 is 0 Å². The molecule has 1 aliphatic rings. The third-order valence-corrected chi connectivity index (χ3v) is 6.48. The van der Waals surface area contributed by atoms with E-state index >= 15 is 0 Å². The van der Waals surface area contributed by atoms with Crippen LogP contribution in [-0.2, 0) is 0 Å². The van der Waals surface area contributed by atoms with E-state index < -0.39 is 0 Å². The zero-order valence-electron chi connectivity index (χ0n) is 14.6. The zero-order valence-corrected chi connectivity index (χ0v) is 17.9. The molecular formula is C20H18BrN3OS2. The number of benzene rings is 1. The Bertz CT molecular complexity index is 930. The van der Waals surface area contributed by atoms with Crippen molar-refractivity contribution in [1.29, 1.82) is 0 Å². The van der Waals surface area contributed by atoms with E-state index in [1.165, 1.54) is 4.88 Å². The van der Waals surface area contributed by atoms with Gasteiger partial charge in [0.2, 0.25) is 0 Å². The Morgan fingerprint density at radius 2 is 2.07 bits per heavy atom. The van der Waals surface area contributed by atoms with Crippen molar-refractivity contribution < 1.29 is 4.74 Å². The molecule has 138 valence electrons. The number of rotatable bonds is 5. The first kappa shape index (κ1) is 18.4. The lowest BCUT2D eigenvalue weighted by Gasteiger charge is -2.27. The summed E-state index contributed by atoms with van der Waals surface area (Å²) >= 11 is 11.0. The van der Waals surface area contributed by atoms with Gasteiger partial charge in [-0.15, -0.1) is 11.3 Å². The van der Waals surface area contributed by atoms with E-state index in [9.17, 15) is 0 Å². The van der Waals surface area contributed by atoms with Crippen molar-refractivity contribution >= 4 is 50.3 Å². The van der Waals surface area contributed by atoms with Gasteiger partial charge in [0.1, 0.15) is 5.75 Å². The van der Waals surface area contributed by atoms with Crippen LogP contribution in [0.3, 0.4) is 0 Å². The summed E-state index contributed by atoms with van der Waals surface area (Å²) in [4.78, 5) is 7.96. The summed E-state index contributed by atoms with van der Waals surface area (Å²) in [6.45, 7) is 2.63. The summed E-state index contributed by atoms with van der Waals surface area (Å²) < 4.78 is 6.65. The minimum Gasteiger partial charge on any atom is -0.494 e. The first-order valence-electron chi connectivity index (χ1n) is 8.65. The van der Waals surface area contributed by atoms with Gasteiger partial charge in [-0.05, 0) is 77.5 Å². The van der Waals surface area contributed by atoms with Crippen molar-refractivity contribution in [3.8, 4) is 5.75 Å². The quantitative estimate of drug-likeness (QED) is 0.511. The molecule has 27 heavy (non-hydrogen) atoms. The number of ether oxygens (including phenoxy) is 1. The second-order valence-electron chi connectivity index (χ2n) is 6.09. The number of anilines is 1. The third-order valence-electron chi connectivity index (χ3n) is 4.40. The van der Waals surface area contributed by atoms with E-state index in [2.05, 4.69) is 54.7 Å². The molecule has 3 aromatic rings. The van der Waals surface area contributed by atoms with Crippen molar-refractivity contribution in [1.82, 2.24) is 10.3 Å². The van der Waals surface area contributed by atoms with E-state index in [4.69, 9.17) is 17.0 Å². The minimum atomic E-state index is -0.0178. The fourth-order valence-electron chi connectivity index (χ4n) is 3.27. The zero-order chi connectivity index (χ0) is 18.8. The molecule has 1 N–H and O–H groups in total. The highest BCUT2D eigenvalue weighted by atomic mass is 79.9. The lowest BCUT2D eigenvalue weighted by atomic mass is 10.0. The fourth-order valence-corrected chi connectivity index (χ4v) is 5.19. The first-order valence-corrected chi connectivity index (χ1v) is 10.7. The monoisotopic (exact) mass is 459 g/mol. The van der Waals surface area contributed by atoms with Crippen LogP contribution in [0.25, 0.3) is 0 Å². The summed E-state index contributed by atoms with van der Waals surface area (Å²) in [5.41, 5.74) is 2.01. The average molecular weight is 460 g/mol. The molecule has 4 nitrogen and oxygen atoms in total. The molecule has 1 saturated heterocycles. The van der Waals surface area contributed by atoms with Crippen LogP contribution in [0.4, 0.5) is 5.69 Å². The second kappa shape index (κ2) is 7.96. The highest BCUT2D eigenvalue weighted by Gasteiger charge is 2.41. The number of aromatic nitrogens is 1. The molecule has 2 atom stereocenters. The molecule has 2 aromatic heterocycles. The Kier molecular flexibility index (Phi) is 5.43. The molecular weight excluding hydrogens is 442 g/mol. The van der Waals surface area contributed by atoms with Gasteiger partial charge in [0, 0.05) is 26.6 Å². The number of thiocarbonyl (C=S) groups is 1. The maximum absolute atomic E-state index is 5.72. The van der Waals surface area contributed by atoms with Crippen molar-refractivity contribution in [2.24, 2.45) is 0 Å². The van der Waals surface area contributed by atoms with Gasteiger partial charge in [0.15, 0.2) is 5.11 Å². The van der Waals surface area contributed by atoms with E-state index in [-0.39, 0.29) is 12.1 Å². The molecule has 4 rings (SSSR count). The highest BCUT2D eigenvalue weighted by Crippen LogP contribution is 2.44. The minimum absolute atomic E-state index is 0.0178. The van der Waals surface area contributed by atoms with Crippen LogP contribution in [0.1, 0.15) is 29.6 Å². The van der Waals surface area contributed by atoms with Gasteiger partial charge in [-0.3, -0.25) is 4.98 Å². The molecule has 0 spiro atoms. The number of hydrogen-bond donors (Lipinski definition) is 1. The van der Waals surface area contributed by atoms with Gasteiger partial charge in [-0.2, -0.15) is 0 Å². The fraction of sp³-hybridized carbons (Fsp3) is 0.200. The predicted octanol–water partition coefficient (Wildman–Crippen LogP) is 5.48. The van der Waals surface area contributed by atoms with Crippen molar-refractivity contribution in [3.05, 3.63) is 75.2 Å². The first-order chi connectivity index (χ1) is 13.2. The summed E-state index contributed by atoms with van der Waals surface area (Å²) in [6.07, 6.45) is 1.82. The molecule has 3 heterocycles. The Morgan fingerprint density at radius 1 is 1.26 bits per heavy atom. The number of hydrogen-bond acceptors (Lipinski definition) is 4. The van der Waals surface area contributed by atoms with Gasteiger partial charge in [-0.25, -0.2) is 0 Å². The van der Waals surface area contributed by atoms with E-state index in [0.717, 1.165) is 21.6 Å². The average Bonchev–Trinajstić information content (AvgIpc) is 3.26. The number of halogens is 1. The number of nitrogens with zero attached hydrogens (tertiary/aromatic N) is 2. The highest BCUT2D eigenvalue weighted by molar-refractivity contribution is 9.10. The molecule has 1 aromatic carbocycles. The van der Waals surface area contributed by atoms with E-state index in [1.807, 2.05) is 43.5 Å². The Labute approximate surface area is 176 Å². The summed E-state index contributed by atoms with van der Waals surface area (Å²) in [6, 6.07) is 16.2. The molecule has 0 amide bonds. The Morgan fingerprint density at radius 3 is 2.70 bits per heavy atom. The second-order valence-corrected chi connectivity index (χ2v) is 8.34. The topological polar surface area (TPSA) is 37.4 Å². The third kappa shape index (κ3) is 3.72. The smallest absolute Gasteiger partial charge is 0.174 e. The molecule has 2 unspecified atom stereocenters. The lowest BCUT2D eigenvalue weighted by Crippen LogP contribution is -2.29. The molecule has 0 aliphatic carbocycles. The number of thiophene rings is 1. The largest absolute Gasteiger partial charge is 0.494 e. The summed E-state index contributed by atoms with van der Waals surface area (Å²) in [5, 5.41) is 6.27. The normalized spacial score (nSPS) is 19.2. The van der Waals surface area contributed by atoms with Crippen LogP contribution in [0.2, 0.25) is 0 Å². The van der Waals surface area contributed by atoms with Crippen molar-refractivity contribution in [3.63, 3.8) is 0 Å². The maximum Gasteiger partial charge on any atom is 0.174 e. The molecule has 0 bridgehead atoms. The van der Waals surface area contributed by atoms with Crippen molar-refractivity contribution in [2.45, 2.75) is 19.0 Å². The van der Waals surface area contributed by atoms with Crippen molar-refractivity contribution in [2.75, 3.05) is 11.5 Å². The molecule has 1 fully saturated rings. The molecule has 0 saturated carbocycles. The van der Waals surface area contributed by atoms with Crippen LogP contribution >= 0.6 is 39.5 Å². The predicted molar refractivity (Wildman–Crippen MR) is 118 cm³/mol. The maximum atomic E-state index is 5.72. The van der Waals surface area contributed by atoms with Gasteiger partial charge in [0.25, 0.3) is 0 Å². The van der Waals surface area contributed by atoms with Crippen LogP contribution in [-0.4, -0.2) is 16.7 Å². The van der Waals surface area contributed by atoms with Crippen LogP contribution < -0.4 is 15.0 Å². The van der Waals surface area contributed by atoms with Crippen LogP contribution in [0, 0.1) is 0 Å². The van der Waals surface area contributed by atoms with Crippen LogP contribution in [0.15, 0.2) is 64.6 Å². The Balaban J connectivity index is 1.75. The Hall–Kier alpha value is -1.96. The van der Waals surface area contributed by atoms with Gasteiger partial charge in [0.05, 0.1) is 24.4 Å². The van der Waals surface area contributed by atoms with Gasteiger partial charge in [-0.1, -0.05) is 6.07 Å². The SMILES string of the molecule is CCOc1ccc(N2C(=S)NC(c3ccccn3)C2c2cc(Br)cs2)cc1. The van der Waals surface area contributed by atoms with Gasteiger partial charge < -0.3 is 15.0 Å². The molecule has 0 radical (unpaired) electrons. The number of nitrogens with one attached hydrogen (secondary N) is 1. The van der Waals surface area contributed by atoms with Crippen LogP contribution in [0.5, 0.6) is 5.75 Å². The lowest BCUT2D eigenvalue weighted by molar-refractivity contribution is 0.340. The standard InChI is InChI=1S/C20H18BrN3OS2/c1-2-25-15-8-6-14(7-9-15)24-19(17-11-13(21)12-27-17)18(23-20(24)26)16-5-3-4-10-22-16/h3-12,18-19H,2H2,1H3,(H,23,26). The van der Waals surface area contributed by atoms with E-state index in [1.54, 1.807) is 11.3 Å². The molecule has 7 heteroatoms. The molecule has 1 aliphatic heterocycles. The van der Waals surface area contributed by atoms with E-state index in [0.29, 0.717) is 11.7 Å².